The Morgan fingerprint density at radius 3 is 2.61 bits per heavy atom. The molecule has 8 heteroatoms. The molecule has 0 amide bonds. The topological polar surface area (TPSA) is 65.5 Å². The Labute approximate surface area is 112 Å². The van der Waals surface area contributed by atoms with E-state index in [0.717, 1.165) is 31.1 Å². The summed E-state index contributed by atoms with van der Waals surface area (Å²) in [4.78, 5) is 6.46. The van der Waals surface area contributed by atoms with Gasteiger partial charge in [-0.05, 0) is 12.8 Å². The first-order valence-electron chi connectivity index (χ1n) is 5.83. The van der Waals surface area contributed by atoms with E-state index in [4.69, 9.17) is 0 Å². The van der Waals surface area contributed by atoms with Gasteiger partial charge in [0.25, 0.3) is 10.2 Å². The Bertz CT molecular complexity index is 464. The van der Waals surface area contributed by atoms with Crippen molar-refractivity contribution >= 4 is 26.7 Å². The number of anilines is 1. The molecule has 0 spiro atoms. The minimum absolute atomic E-state index is 0.0219. The first-order chi connectivity index (χ1) is 8.49. The zero-order chi connectivity index (χ0) is 13.2. The molecule has 2 rings (SSSR count). The molecule has 0 aliphatic carbocycles. The van der Waals surface area contributed by atoms with Gasteiger partial charge in [-0.1, -0.05) is 0 Å². The Morgan fingerprint density at radius 1 is 1.44 bits per heavy atom. The molecule has 1 aliphatic rings. The first kappa shape index (κ1) is 13.7. The average molecular weight is 290 g/mol. The highest BCUT2D eigenvalue weighted by molar-refractivity contribution is 7.87. The first-order valence-corrected chi connectivity index (χ1v) is 8.15. The summed E-state index contributed by atoms with van der Waals surface area (Å²) in [6.45, 7) is 1.68. The van der Waals surface area contributed by atoms with Crippen LogP contribution in [0.25, 0.3) is 0 Å². The van der Waals surface area contributed by atoms with Gasteiger partial charge in [-0.3, -0.25) is 0 Å². The van der Waals surface area contributed by atoms with Gasteiger partial charge >= 0.3 is 0 Å². The van der Waals surface area contributed by atoms with Gasteiger partial charge in [0.15, 0.2) is 5.13 Å². The van der Waals surface area contributed by atoms with E-state index in [9.17, 15) is 8.42 Å². The molecular formula is C10H18N4O2S2. The number of nitrogens with zero attached hydrogens (tertiary/aromatic N) is 3. The smallest absolute Gasteiger partial charge is 0.279 e. The van der Waals surface area contributed by atoms with E-state index < -0.39 is 10.2 Å². The van der Waals surface area contributed by atoms with Crippen LogP contribution in [0.15, 0.2) is 11.6 Å². The molecular weight excluding hydrogens is 272 g/mol. The van der Waals surface area contributed by atoms with Gasteiger partial charge in [0.2, 0.25) is 0 Å². The van der Waals surface area contributed by atoms with Gasteiger partial charge < -0.3 is 4.90 Å². The second-order valence-corrected chi connectivity index (χ2v) is 7.27. The van der Waals surface area contributed by atoms with E-state index in [-0.39, 0.29) is 6.04 Å². The van der Waals surface area contributed by atoms with E-state index in [1.807, 2.05) is 5.38 Å². The Kier molecular flexibility index (Phi) is 4.21. The fraction of sp³-hybridized carbons (Fsp3) is 0.700. The fourth-order valence-electron chi connectivity index (χ4n) is 1.88. The zero-order valence-electron chi connectivity index (χ0n) is 10.5. The molecule has 1 aliphatic heterocycles. The molecule has 2 heterocycles. The maximum atomic E-state index is 11.7. The van der Waals surface area contributed by atoms with Gasteiger partial charge in [-0.15, -0.1) is 11.3 Å². The maximum Gasteiger partial charge on any atom is 0.279 e. The molecule has 0 atom stereocenters. The second kappa shape index (κ2) is 5.52. The number of hydrogen-bond donors (Lipinski definition) is 1. The van der Waals surface area contributed by atoms with Crippen molar-refractivity contribution in [1.29, 1.82) is 0 Å². The van der Waals surface area contributed by atoms with E-state index >= 15 is 0 Å². The van der Waals surface area contributed by atoms with Crippen LogP contribution in [0.5, 0.6) is 0 Å². The van der Waals surface area contributed by atoms with Crippen molar-refractivity contribution in [3.05, 3.63) is 11.6 Å². The van der Waals surface area contributed by atoms with Crippen LogP contribution in [-0.2, 0) is 10.2 Å². The molecule has 0 bridgehead atoms. The van der Waals surface area contributed by atoms with Crippen molar-refractivity contribution in [1.82, 2.24) is 14.0 Å². The van der Waals surface area contributed by atoms with E-state index in [2.05, 4.69) is 14.6 Å². The monoisotopic (exact) mass is 290 g/mol. The minimum atomic E-state index is -3.32. The summed E-state index contributed by atoms with van der Waals surface area (Å²) in [6, 6.07) is 0.0219. The predicted octanol–water partition coefficient (Wildman–Crippen LogP) is 0.508. The van der Waals surface area contributed by atoms with Crippen molar-refractivity contribution in [3.8, 4) is 0 Å². The van der Waals surface area contributed by atoms with Gasteiger partial charge in [0.1, 0.15) is 0 Å². The lowest BCUT2D eigenvalue weighted by molar-refractivity contribution is 0.437. The molecule has 0 saturated carbocycles. The zero-order valence-corrected chi connectivity index (χ0v) is 12.2. The fourth-order valence-corrected chi connectivity index (χ4v) is 3.44. The Morgan fingerprint density at radius 2 is 2.11 bits per heavy atom. The standard InChI is InChI=1S/C10H18N4O2S2/c1-13(2)18(15,16)12-9-3-6-14(7-4-9)10-11-5-8-17-10/h5,8-9,12H,3-4,6-7H2,1-2H3. The summed E-state index contributed by atoms with van der Waals surface area (Å²) >= 11 is 1.62. The molecule has 1 saturated heterocycles. The molecule has 18 heavy (non-hydrogen) atoms. The normalized spacial score (nSPS) is 18.5. The lowest BCUT2D eigenvalue weighted by atomic mass is 10.1. The molecule has 1 N–H and O–H groups in total. The van der Waals surface area contributed by atoms with Crippen LogP contribution in [0.3, 0.4) is 0 Å². The van der Waals surface area contributed by atoms with Gasteiger partial charge in [0, 0.05) is 44.8 Å². The predicted molar refractivity (Wildman–Crippen MR) is 73.1 cm³/mol. The van der Waals surface area contributed by atoms with Crippen LogP contribution in [0.2, 0.25) is 0 Å². The van der Waals surface area contributed by atoms with Crippen LogP contribution in [0.4, 0.5) is 5.13 Å². The summed E-state index contributed by atoms with van der Waals surface area (Å²) < 4.78 is 27.3. The second-order valence-electron chi connectivity index (χ2n) is 4.48. The SMILES string of the molecule is CN(C)S(=O)(=O)NC1CCN(c2nccs2)CC1. The van der Waals surface area contributed by atoms with Crippen molar-refractivity contribution in [3.63, 3.8) is 0 Å². The van der Waals surface area contributed by atoms with Crippen molar-refractivity contribution < 1.29 is 8.42 Å². The summed E-state index contributed by atoms with van der Waals surface area (Å²) in [5.41, 5.74) is 0. The maximum absolute atomic E-state index is 11.7. The summed E-state index contributed by atoms with van der Waals surface area (Å²) in [5, 5.41) is 2.97. The molecule has 1 aromatic rings. The highest BCUT2D eigenvalue weighted by Crippen LogP contribution is 2.22. The molecule has 6 nitrogen and oxygen atoms in total. The molecule has 1 aromatic heterocycles. The van der Waals surface area contributed by atoms with Crippen molar-refractivity contribution in [2.75, 3.05) is 32.1 Å². The largest absolute Gasteiger partial charge is 0.348 e. The Balaban J connectivity index is 1.88. The van der Waals surface area contributed by atoms with Crippen LogP contribution in [-0.4, -0.2) is 50.9 Å². The molecule has 102 valence electrons. The average Bonchev–Trinajstić information content (AvgIpc) is 2.83. The molecule has 0 radical (unpaired) electrons. The third kappa shape index (κ3) is 3.19. The minimum Gasteiger partial charge on any atom is -0.348 e. The number of thiazole rings is 1. The number of hydrogen-bond acceptors (Lipinski definition) is 5. The number of aromatic nitrogens is 1. The molecule has 0 unspecified atom stereocenters. The summed E-state index contributed by atoms with van der Waals surface area (Å²) in [5.74, 6) is 0. The quantitative estimate of drug-likeness (QED) is 0.877. The lowest BCUT2D eigenvalue weighted by Crippen LogP contribution is -2.47. The van der Waals surface area contributed by atoms with Gasteiger partial charge in [-0.25, -0.2) is 4.98 Å². The lowest BCUT2D eigenvalue weighted by Gasteiger charge is -2.32. The highest BCUT2D eigenvalue weighted by Gasteiger charge is 2.25. The van der Waals surface area contributed by atoms with Crippen LogP contribution >= 0.6 is 11.3 Å². The van der Waals surface area contributed by atoms with E-state index in [1.54, 1.807) is 17.5 Å². The Hall–Kier alpha value is -0.700. The molecule has 0 aromatic carbocycles. The van der Waals surface area contributed by atoms with Crippen LogP contribution in [0, 0.1) is 0 Å². The number of nitrogens with one attached hydrogen (secondary N) is 1. The third-order valence-corrected chi connectivity index (χ3v) is 5.41. The van der Waals surface area contributed by atoms with Gasteiger partial charge in [-0.2, -0.15) is 17.4 Å². The van der Waals surface area contributed by atoms with Gasteiger partial charge in [0.05, 0.1) is 0 Å². The summed E-state index contributed by atoms with van der Waals surface area (Å²) in [7, 11) is -0.248. The van der Waals surface area contributed by atoms with Crippen molar-refractivity contribution in [2.24, 2.45) is 0 Å². The summed E-state index contributed by atoms with van der Waals surface area (Å²) in [6.07, 6.45) is 3.42. The number of rotatable bonds is 4. The third-order valence-electron chi connectivity index (χ3n) is 2.98. The molecule has 1 fully saturated rings. The number of piperidine rings is 1. The van der Waals surface area contributed by atoms with E-state index in [0.29, 0.717) is 0 Å². The van der Waals surface area contributed by atoms with Crippen molar-refractivity contribution in [2.45, 2.75) is 18.9 Å². The van der Waals surface area contributed by atoms with Crippen LogP contribution in [0.1, 0.15) is 12.8 Å². The van der Waals surface area contributed by atoms with E-state index in [1.165, 1.54) is 18.4 Å². The highest BCUT2D eigenvalue weighted by atomic mass is 32.2. The van der Waals surface area contributed by atoms with Crippen LogP contribution < -0.4 is 9.62 Å².